The number of furan rings is 1. The standard InChI is InChI=1S/C11H12INO2S/c1-14-5-8-2-3-9(15-8)11(13)7-4-10(12)16-6-7/h2-4,6,11H,5,13H2,1H3. The molecule has 0 aromatic carbocycles. The van der Waals surface area contributed by atoms with Crippen LogP contribution in [0.15, 0.2) is 28.0 Å². The van der Waals surface area contributed by atoms with Crippen LogP contribution in [0.5, 0.6) is 0 Å². The van der Waals surface area contributed by atoms with Crippen LogP contribution in [0, 0.1) is 2.88 Å². The maximum absolute atomic E-state index is 6.11. The first-order chi connectivity index (χ1) is 7.70. The molecule has 16 heavy (non-hydrogen) atoms. The molecule has 0 aliphatic carbocycles. The Morgan fingerprint density at radius 3 is 3.00 bits per heavy atom. The van der Waals surface area contributed by atoms with E-state index < -0.39 is 0 Å². The van der Waals surface area contributed by atoms with Crippen LogP contribution in [0.25, 0.3) is 0 Å². The van der Waals surface area contributed by atoms with Gasteiger partial charge in [-0.15, -0.1) is 11.3 Å². The Hall–Kier alpha value is -0.370. The van der Waals surface area contributed by atoms with Gasteiger partial charge in [-0.3, -0.25) is 0 Å². The number of rotatable bonds is 4. The smallest absolute Gasteiger partial charge is 0.129 e. The Morgan fingerprint density at radius 2 is 2.38 bits per heavy atom. The highest BCUT2D eigenvalue weighted by molar-refractivity contribution is 14.1. The van der Waals surface area contributed by atoms with E-state index in [1.54, 1.807) is 18.4 Å². The summed E-state index contributed by atoms with van der Waals surface area (Å²) in [6.07, 6.45) is 0. The molecule has 0 amide bonds. The molecule has 3 nitrogen and oxygen atoms in total. The lowest BCUT2D eigenvalue weighted by Crippen LogP contribution is -2.09. The summed E-state index contributed by atoms with van der Waals surface area (Å²) in [7, 11) is 1.64. The molecule has 0 aliphatic rings. The van der Waals surface area contributed by atoms with E-state index in [1.165, 1.54) is 2.88 Å². The zero-order valence-electron chi connectivity index (χ0n) is 8.77. The third-order valence-corrected chi connectivity index (χ3v) is 4.03. The number of thiophene rings is 1. The van der Waals surface area contributed by atoms with Crippen molar-refractivity contribution in [1.82, 2.24) is 0 Å². The first-order valence-corrected chi connectivity index (χ1v) is 6.73. The van der Waals surface area contributed by atoms with Gasteiger partial charge in [0, 0.05) is 7.11 Å². The molecule has 2 rings (SSSR count). The molecule has 0 aliphatic heterocycles. The minimum atomic E-state index is -0.189. The third-order valence-electron chi connectivity index (χ3n) is 2.22. The fraction of sp³-hybridized carbons (Fsp3) is 0.273. The van der Waals surface area contributed by atoms with Crippen LogP contribution in [0.2, 0.25) is 0 Å². The molecule has 2 aromatic rings. The third kappa shape index (κ3) is 2.65. The molecular formula is C11H12INO2S. The van der Waals surface area contributed by atoms with Crippen molar-refractivity contribution in [3.8, 4) is 0 Å². The van der Waals surface area contributed by atoms with Crippen molar-refractivity contribution in [2.24, 2.45) is 5.73 Å². The molecular weight excluding hydrogens is 337 g/mol. The SMILES string of the molecule is COCc1ccc(C(N)c2csc(I)c2)o1. The summed E-state index contributed by atoms with van der Waals surface area (Å²) < 4.78 is 11.8. The first kappa shape index (κ1) is 12.1. The van der Waals surface area contributed by atoms with Crippen molar-refractivity contribution in [2.75, 3.05) is 7.11 Å². The summed E-state index contributed by atoms with van der Waals surface area (Å²) in [6, 6.07) is 5.69. The maximum atomic E-state index is 6.11. The molecule has 0 spiro atoms. The Balaban J connectivity index is 2.17. The van der Waals surface area contributed by atoms with E-state index in [1.807, 2.05) is 12.1 Å². The van der Waals surface area contributed by atoms with Gasteiger partial charge in [0.15, 0.2) is 0 Å². The molecule has 2 heterocycles. The monoisotopic (exact) mass is 349 g/mol. The van der Waals surface area contributed by atoms with E-state index in [9.17, 15) is 0 Å². The van der Waals surface area contributed by atoms with E-state index in [0.717, 1.165) is 17.1 Å². The van der Waals surface area contributed by atoms with E-state index in [-0.39, 0.29) is 6.04 Å². The molecule has 0 radical (unpaired) electrons. The van der Waals surface area contributed by atoms with Crippen LogP contribution in [-0.4, -0.2) is 7.11 Å². The first-order valence-electron chi connectivity index (χ1n) is 4.77. The second-order valence-corrected chi connectivity index (χ2v) is 6.20. The molecule has 2 aromatic heterocycles. The molecule has 0 fully saturated rings. The minimum Gasteiger partial charge on any atom is -0.462 e. The fourth-order valence-electron chi connectivity index (χ4n) is 1.43. The lowest BCUT2D eigenvalue weighted by molar-refractivity contribution is 0.162. The maximum Gasteiger partial charge on any atom is 0.129 e. The van der Waals surface area contributed by atoms with E-state index in [4.69, 9.17) is 14.9 Å². The molecule has 5 heteroatoms. The Labute approximate surface area is 112 Å². The molecule has 0 saturated carbocycles. The Morgan fingerprint density at radius 1 is 1.56 bits per heavy atom. The summed E-state index contributed by atoms with van der Waals surface area (Å²) in [5, 5.41) is 2.06. The van der Waals surface area contributed by atoms with Gasteiger partial charge in [-0.1, -0.05) is 0 Å². The predicted molar refractivity (Wildman–Crippen MR) is 72.5 cm³/mol. The molecule has 2 N–H and O–H groups in total. The van der Waals surface area contributed by atoms with Crippen LogP contribution in [0.1, 0.15) is 23.1 Å². The lowest BCUT2D eigenvalue weighted by Gasteiger charge is -2.05. The molecule has 1 atom stereocenters. The van der Waals surface area contributed by atoms with E-state index in [2.05, 4.69) is 34.0 Å². The van der Waals surface area contributed by atoms with Crippen molar-refractivity contribution in [3.63, 3.8) is 0 Å². The summed E-state index contributed by atoms with van der Waals surface area (Å²) >= 11 is 3.97. The van der Waals surface area contributed by atoms with Crippen molar-refractivity contribution in [1.29, 1.82) is 0 Å². The topological polar surface area (TPSA) is 48.4 Å². The van der Waals surface area contributed by atoms with Crippen LogP contribution in [0.3, 0.4) is 0 Å². The van der Waals surface area contributed by atoms with Gasteiger partial charge in [0.25, 0.3) is 0 Å². The van der Waals surface area contributed by atoms with Crippen LogP contribution in [0.4, 0.5) is 0 Å². The highest BCUT2D eigenvalue weighted by Gasteiger charge is 2.14. The number of hydrogen-bond donors (Lipinski definition) is 1. The van der Waals surface area contributed by atoms with Gasteiger partial charge in [0.1, 0.15) is 18.1 Å². The predicted octanol–water partition coefficient (Wildman–Crippen LogP) is 3.14. The minimum absolute atomic E-state index is 0.189. The molecule has 86 valence electrons. The highest BCUT2D eigenvalue weighted by atomic mass is 127. The summed E-state index contributed by atoms with van der Waals surface area (Å²) in [6.45, 7) is 0.480. The van der Waals surface area contributed by atoms with Crippen LogP contribution >= 0.6 is 33.9 Å². The second-order valence-electron chi connectivity index (χ2n) is 3.40. The molecule has 0 bridgehead atoms. The van der Waals surface area contributed by atoms with Gasteiger partial charge >= 0.3 is 0 Å². The average molecular weight is 349 g/mol. The fourth-order valence-corrected chi connectivity index (χ4v) is 2.84. The molecule has 0 saturated heterocycles. The summed E-state index contributed by atoms with van der Waals surface area (Å²) in [5.41, 5.74) is 7.20. The van der Waals surface area contributed by atoms with Crippen molar-refractivity contribution < 1.29 is 9.15 Å². The molecule has 1 unspecified atom stereocenters. The lowest BCUT2D eigenvalue weighted by atomic mass is 10.1. The number of hydrogen-bond acceptors (Lipinski definition) is 4. The van der Waals surface area contributed by atoms with Gasteiger partial charge in [0.05, 0.1) is 8.93 Å². The van der Waals surface area contributed by atoms with E-state index >= 15 is 0 Å². The highest BCUT2D eigenvalue weighted by Crippen LogP contribution is 2.26. The van der Waals surface area contributed by atoms with Crippen LogP contribution < -0.4 is 5.73 Å². The van der Waals surface area contributed by atoms with Gasteiger partial charge in [-0.25, -0.2) is 0 Å². The summed E-state index contributed by atoms with van der Waals surface area (Å²) in [4.78, 5) is 0. The second kappa shape index (κ2) is 5.31. The van der Waals surface area contributed by atoms with Gasteiger partial charge in [-0.2, -0.15) is 0 Å². The normalized spacial score (nSPS) is 12.9. The Bertz CT molecular complexity index is 466. The van der Waals surface area contributed by atoms with Crippen LogP contribution in [-0.2, 0) is 11.3 Å². The average Bonchev–Trinajstić information content (AvgIpc) is 2.87. The van der Waals surface area contributed by atoms with Gasteiger partial charge < -0.3 is 14.9 Å². The van der Waals surface area contributed by atoms with Crippen molar-refractivity contribution in [2.45, 2.75) is 12.6 Å². The zero-order chi connectivity index (χ0) is 11.5. The van der Waals surface area contributed by atoms with Gasteiger partial charge in [0.2, 0.25) is 0 Å². The zero-order valence-corrected chi connectivity index (χ0v) is 11.7. The number of methoxy groups -OCH3 is 1. The van der Waals surface area contributed by atoms with Crippen molar-refractivity contribution >= 4 is 33.9 Å². The van der Waals surface area contributed by atoms with Gasteiger partial charge in [-0.05, 0) is 51.7 Å². The Kier molecular flexibility index (Phi) is 4.01. The largest absolute Gasteiger partial charge is 0.462 e. The number of ether oxygens (including phenoxy) is 1. The number of halogens is 1. The van der Waals surface area contributed by atoms with E-state index in [0.29, 0.717) is 6.61 Å². The number of nitrogens with two attached hydrogens (primary N) is 1. The van der Waals surface area contributed by atoms with Crippen molar-refractivity contribution in [3.05, 3.63) is 43.5 Å². The summed E-state index contributed by atoms with van der Waals surface area (Å²) in [5.74, 6) is 1.58. The quantitative estimate of drug-likeness (QED) is 0.863.